The van der Waals surface area contributed by atoms with E-state index in [-0.39, 0.29) is 5.91 Å². The smallest absolute Gasteiger partial charge is 0.267 e. The Kier molecular flexibility index (Phi) is 3.46. The number of aromatic nitrogens is 2. The van der Waals surface area contributed by atoms with Gasteiger partial charge in [0, 0.05) is 22.4 Å². The number of carbonyl (C=O) groups excluding carboxylic acids is 1. The van der Waals surface area contributed by atoms with Crippen molar-refractivity contribution in [2.24, 2.45) is 5.84 Å². The summed E-state index contributed by atoms with van der Waals surface area (Å²) in [5, 5.41) is 0.968. The first-order valence-corrected chi connectivity index (χ1v) is 5.58. The number of nitrogens with zero attached hydrogens (tertiary/aromatic N) is 3. The maximum atomic E-state index is 12.0. The molecule has 0 atom stereocenters. The predicted octanol–water partition coefficient (Wildman–Crippen LogP) is 1.76. The Morgan fingerprint density at radius 1 is 1.24 bits per heavy atom. The molecule has 0 unspecified atom stereocenters. The monoisotopic (exact) mass is 292 g/mol. The predicted molar refractivity (Wildman–Crippen MR) is 67.2 cm³/mol. The zero-order chi connectivity index (χ0) is 12.3. The van der Waals surface area contributed by atoms with Gasteiger partial charge in [-0.1, -0.05) is 15.9 Å². The second kappa shape index (κ2) is 5.03. The van der Waals surface area contributed by atoms with Crippen LogP contribution in [0, 0.1) is 0 Å². The molecule has 1 heterocycles. The Bertz CT molecular complexity index is 515. The Morgan fingerprint density at radius 3 is 2.53 bits per heavy atom. The molecule has 0 saturated heterocycles. The van der Waals surface area contributed by atoms with Crippen molar-refractivity contribution in [3.05, 3.63) is 52.9 Å². The molecule has 5 nitrogen and oxygen atoms in total. The van der Waals surface area contributed by atoms with Gasteiger partial charge >= 0.3 is 0 Å². The molecule has 0 saturated carbocycles. The number of hydrazine groups is 1. The van der Waals surface area contributed by atoms with Crippen molar-refractivity contribution in [2.45, 2.75) is 0 Å². The molecule has 0 radical (unpaired) electrons. The number of carbonyl (C=O) groups is 1. The minimum atomic E-state index is -0.335. The van der Waals surface area contributed by atoms with Crippen LogP contribution in [0.1, 0.15) is 10.4 Å². The standard InChI is InChI=1S/C11H9BrN4O/c12-9-3-1-8(2-4-9)11(17)16(13)10-7-14-5-6-15-10/h1-7H,13H2. The molecule has 2 aromatic rings. The molecule has 0 fully saturated rings. The molecule has 6 heteroatoms. The van der Waals surface area contributed by atoms with Crippen molar-refractivity contribution in [2.75, 3.05) is 5.01 Å². The third kappa shape index (κ3) is 2.66. The minimum absolute atomic E-state index is 0.306. The van der Waals surface area contributed by atoms with Crippen LogP contribution in [0.3, 0.4) is 0 Å². The third-order valence-corrected chi connectivity index (χ3v) is 2.64. The lowest BCUT2D eigenvalue weighted by molar-refractivity contribution is 0.0986. The van der Waals surface area contributed by atoms with E-state index in [1.54, 1.807) is 24.3 Å². The fraction of sp³-hybridized carbons (Fsp3) is 0. The Labute approximate surface area is 106 Å². The molecule has 1 aromatic heterocycles. The first-order valence-electron chi connectivity index (χ1n) is 4.79. The number of nitrogens with two attached hydrogens (primary N) is 1. The highest BCUT2D eigenvalue weighted by molar-refractivity contribution is 9.10. The summed E-state index contributed by atoms with van der Waals surface area (Å²) in [6, 6.07) is 6.92. The second-order valence-corrected chi connectivity index (χ2v) is 4.16. The zero-order valence-electron chi connectivity index (χ0n) is 8.75. The van der Waals surface area contributed by atoms with Crippen molar-refractivity contribution in [1.29, 1.82) is 0 Å². The van der Waals surface area contributed by atoms with Crippen molar-refractivity contribution in [3.8, 4) is 0 Å². The lowest BCUT2D eigenvalue weighted by Gasteiger charge is -2.14. The van der Waals surface area contributed by atoms with E-state index in [4.69, 9.17) is 5.84 Å². The quantitative estimate of drug-likeness (QED) is 0.520. The van der Waals surface area contributed by atoms with Gasteiger partial charge < -0.3 is 0 Å². The molecule has 0 aliphatic heterocycles. The average molecular weight is 293 g/mol. The summed E-state index contributed by atoms with van der Waals surface area (Å²) in [6.07, 6.45) is 4.42. The molecule has 0 aliphatic rings. The first kappa shape index (κ1) is 11.7. The summed E-state index contributed by atoms with van der Waals surface area (Å²) in [5.41, 5.74) is 0.487. The van der Waals surface area contributed by atoms with Crippen LogP contribution in [-0.4, -0.2) is 15.9 Å². The van der Waals surface area contributed by atoms with Crippen molar-refractivity contribution >= 4 is 27.7 Å². The fourth-order valence-electron chi connectivity index (χ4n) is 1.25. The van der Waals surface area contributed by atoms with Gasteiger partial charge in [0.15, 0.2) is 5.82 Å². The van der Waals surface area contributed by atoms with Gasteiger partial charge in [-0.05, 0) is 24.3 Å². The number of hydrogen-bond donors (Lipinski definition) is 1. The van der Waals surface area contributed by atoms with Gasteiger partial charge in [-0.25, -0.2) is 15.8 Å². The zero-order valence-corrected chi connectivity index (χ0v) is 10.3. The van der Waals surface area contributed by atoms with Crippen LogP contribution >= 0.6 is 15.9 Å². The van der Waals surface area contributed by atoms with Crippen LogP contribution in [0.5, 0.6) is 0 Å². The topological polar surface area (TPSA) is 72.1 Å². The molecular formula is C11H9BrN4O. The van der Waals surface area contributed by atoms with Crippen LogP contribution in [0.25, 0.3) is 0 Å². The Hall–Kier alpha value is -1.79. The van der Waals surface area contributed by atoms with Crippen LogP contribution < -0.4 is 10.9 Å². The summed E-state index contributed by atoms with van der Waals surface area (Å²) in [5.74, 6) is 5.65. The SMILES string of the molecule is NN(C(=O)c1ccc(Br)cc1)c1cnccn1. The van der Waals surface area contributed by atoms with E-state index in [2.05, 4.69) is 25.9 Å². The van der Waals surface area contributed by atoms with E-state index in [1.165, 1.54) is 18.6 Å². The number of rotatable bonds is 2. The lowest BCUT2D eigenvalue weighted by atomic mass is 10.2. The highest BCUT2D eigenvalue weighted by Crippen LogP contribution is 2.13. The summed E-state index contributed by atoms with van der Waals surface area (Å²) >= 11 is 3.30. The van der Waals surface area contributed by atoms with E-state index in [1.807, 2.05) is 0 Å². The van der Waals surface area contributed by atoms with Crippen molar-refractivity contribution in [1.82, 2.24) is 9.97 Å². The van der Waals surface area contributed by atoms with E-state index >= 15 is 0 Å². The first-order chi connectivity index (χ1) is 8.18. The number of benzene rings is 1. The molecule has 2 N–H and O–H groups in total. The molecule has 0 bridgehead atoms. The normalized spacial score (nSPS) is 10.0. The van der Waals surface area contributed by atoms with Gasteiger partial charge in [0.05, 0.1) is 6.20 Å². The molecule has 0 spiro atoms. The number of anilines is 1. The minimum Gasteiger partial charge on any atom is -0.267 e. The molecule has 1 amide bonds. The van der Waals surface area contributed by atoms with Crippen LogP contribution in [0.4, 0.5) is 5.82 Å². The Morgan fingerprint density at radius 2 is 1.94 bits per heavy atom. The summed E-state index contributed by atoms with van der Waals surface area (Å²) in [7, 11) is 0. The average Bonchev–Trinajstić information content (AvgIpc) is 2.39. The molecule has 1 aromatic carbocycles. The molecule has 0 aliphatic carbocycles. The van der Waals surface area contributed by atoms with Crippen molar-refractivity contribution in [3.63, 3.8) is 0 Å². The van der Waals surface area contributed by atoms with Crippen LogP contribution in [0.2, 0.25) is 0 Å². The lowest BCUT2D eigenvalue weighted by Crippen LogP contribution is -2.38. The van der Waals surface area contributed by atoms with Crippen LogP contribution in [-0.2, 0) is 0 Å². The fourth-order valence-corrected chi connectivity index (χ4v) is 1.52. The summed E-state index contributed by atoms with van der Waals surface area (Å²) in [4.78, 5) is 19.8. The highest BCUT2D eigenvalue weighted by atomic mass is 79.9. The molecule has 17 heavy (non-hydrogen) atoms. The van der Waals surface area contributed by atoms with Gasteiger partial charge in [-0.2, -0.15) is 0 Å². The largest absolute Gasteiger partial charge is 0.273 e. The van der Waals surface area contributed by atoms with Gasteiger partial charge in [0.25, 0.3) is 5.91 Å². The Balaban J connectivity index is 2.23. The summed E-state index contributed by atoms with van der Waals surface area (Å²) < 4.78 is 0.900. The second-order valence-electron chi connectivity index (χ2n) is 3.25. The molecule has 2 rings (SSSR count). The highest BCUT2D eigenvalue weighted by Gasteiger charge is 2.14. The van der Waals surface area contributed by atoms with E-state index < -0.39 is 0 Å². The van der Waals surface area contributed by atoms with Gasteiger partial charge in [-0.15, -0.1) is 0 Å². The third-order valence-electron chi connectivity index (χ3n) is 2.11. The van der Waals surface area contributed by atoms with E-state index in [9.17, 15) is 4.79 Å². The maximum Gasteiger partial charge on any atom is 0.273 e. The number of amides is 1. The number of halogens is 1. The maximum absolute atomic E-state index is 12.0. The van der Waals surface area contributed by atoms with E-state index in [0.29, 0.717) is 11.4 Å². The molecular weight excluding hydrogens is 284 g/mol. The van der Waals surface area contributed by atoms with E-state index in [0.717, 1.165) is 9.48 Å². The van der Waals surface area contributed by atoms with Gasteiger partial charge in [-0.3, -0.25) is 9.78 Å². The van der Waals surface area contributed by atoms with Gasteiger partial charge in [0.2, 0.25) is 0 Å². The summed E-state index contributed by atoms with van der Waals surface area (Å²) in [6.45, 7) is 0. The van der Waals surface area contributed by atoms with Crippen LogP contribution in [0.15, 0.2) is 47.3 Å². The van der Waals surface area contributed by atoms with Crippen molar-refractivity contribution < 1.29 is 4.79 Å². The number of hydrogen-bond acceptors (Lipinski definition) is 4. The molecule has 86 valence electrons. The van der Waals surface area contributed by atoms with Gasteiger partial charge in [0.1, 0.15) is 0 Å².